The molecule has 0 aliphatic carbocycles. The lowest BCUT2D eigenvalue weighted by molar-refractivity contribution is -0.140. The van der Waals surface area contributed by atoms with Gasteiger partial charge < -0.3 is 9.47 Å². The number of thioether (sulfide) groups is 1. The quantitative estimate of drug-likeness (QED) is 0.584. The third-order valence-electron chi connectivity index (χ3n) is 4.98. The lowest BCUT2D eigenvalue weighted by Crippen LogP contribution is -2.33. The van der Waals surface area contributed by atoms with Crippen molar-refractivity contribution in [3.05, 3.63) is 48.5 Å². The highest BCUT2D eigenvalue weighted by molar-refractivity contribution is 7.99. The number of fused-ring (bicyclic) bond motifs is 1. The summed E-state index contributed by atoms with van der Waals surface area (Å²) in [5.41, 5.74) is 1.70. The highest BCUT2D eigenvalue weighted by Gasteiger charge is 2.27. The van der Waals surface area contributed by atoms with Gasteiger partial charge in [-0.1, -0.05) is 30.0 Å². The van der Waals surface area contributed by atoms with Crippen LogP contribution in [-0.2, 0) is 9.59 Å². The van der Waals surface area contributed by atoms with Gasteiger partial charge in [-0.15, -0.1) is 10.2 Å². The highest BCUT2D eigenvalue weighted by Crippen LogP contribution is 2.37. The van der Waals surface area contributed by atoms with E-state index >= 15 is 0 Å². The summed E-state index contributed by atoms with van der Waals surface area (Å²) < 4.78 is 12.8. The highest BCUT2D eigenvalue weighted by atomic mass is 32.2. The van der Waals surface area contributed by atoms with Crippen LogP contribution in [-0.4, -0.2) is 50.6 Å². The maximum absolute atomic E-state index is 12.5. The first-order valence-corrected chi connectivity index (χ1v) is 10.6. The third-order valence-corrected chi connectivity index (χ3v) is 5.89. The predicted octanol–water partition coefficient (Wildman–Crippen LogP) is 2.90. The van der Waals surface area contributed by atoms with Crippen LogP contribution in [0.4, 0.5) is 0 Å². The number of carbonyl (C=O) groups excluding carboxylic acids is 2. The summed E-state index contributed by atoms with van der Waals surface area (Å²) in [4.78, 5) is 25.6. The van der Waals surface area contributed by atoms with E-state index in [0.717, 1.165) is 17.7 Å². The minimum atomic E-state index is -0.199. The van der Waals surface area contributed by atoms with Crippen molar-refractivity contribution in [1.82, 2.24) is 19.7 Å². The van der Waals surface area contributed by atoms with Gasteiger partial charge in [-0.05, 0) is 36.8 Å². The van der Waals surface area contributed by atoms with Gasteiger partial charge in [0.25, 0.3) is 0 Å². The molecule has 3 aromatic rings. The molecule has 0 unspecified atom stereocenters. The van der Waals surface area contributed by atoms with Crippen LogP contribution >= 0.6 is 11.8 Å². The Labute approximate surface area is 176 Å². The van der Waals surface area contributed by atoms with Crippen LogP contribution in [0.5, 0.6) is 11.5 Å². The average Bonchev–Trinajstić information content (AvgIpc) is 3.51. The monoisotopic (exact) mass is 422 g/mol. The Balaban J connectivity index is 1.47. The minimum Gasteiger partial charge on any atom is -0.454 e. The van der Waals surface area contributed by atoms with Gasteiger partial charge >= 0.3 is 0 Å². The molecule has 2 aliphatic heterocycles. The van der Waals surface area contributed by atoms with Crippen LogP contribution in [0.15, 0.2) is 53.7 Å². The smallest absolute Gasteiger partial charge is 0.239 e. The van der Waals surface area contributed by atoms with E-state index in [0.29, 0.717) is 35.4 Å². The predicted molar refractivity (Wildman–Crippen MR) is 110 cm³/mol. The number of para-hydroxylation sites is 1. The van der Waals surface area contributed by atoms with E-state index in [1.807, 2.05) is 53.1 Å². The molecule has 8 nitrogen and oxygen atoms in total. The number of imide groups is 1. The summed E-state index contributed by atoms with van der Waals surface area (Å²) in [5.74, 6) is 1.80. The Morgan fingerprint density at radius 2 is 1.90 bits per heavy atom. The molecule has 30 heavy (non-hydrogen) atoms. The Bertz CT molecular complexity index is 1120. The zero-order valence-electron chi connectivity index (χ0n) is 16.0. The molecule has 0 bridgehead atoms. The van der Waals surface area contributed by atoms with Crippen molar-refractivity contribution in [2.75, 3.05) is 19.1 Å². The van der Waals surface area contributed by atoms with E-state index in [-0.39, 0.29) is 24.4 Å². The van der Waals surface area contributed by atoms with E-state index in [9.17, 15) is 9.59 Å². The van der Waals surface area contributed by atoms with Gasteiger partial charge in [-0.25, -0.2) is 0 Å². The number of carbonyl (C=O) groups is 2. The number of aromatic nitrogens is 3. The summed E-state index contributed by atoms with van der Waals surface area (Å²) in [7, 11) is 0. The molecule has 2 aromatic carbocycles. The molecule has 1 saturated heterocycles. The fraction of sp³-hybridized carbons (Fsp3) is 0.238. The molecule has 3 heterocycles. The van der Waals surface area contributed by atoms with Crippen LogP contribution in [0, 0.1) is 0 Å². The van der Waals surface area contributed by atoms with Gasteiger partial charge in [-0.3, -0.25) is 19.1 Å². The molecule has 5 rings (SSSR count). The molecule has 0 atom stereocenters. The molecule has 0 spiro atoms. The van der Waals surface area contributed by atoms with Gasteiger partial charge in [-0.2, -0.15) is 0 Å². The molecule has 0 saturated carbocycles. The van der Waals surface area contributed by atoms with E-state index in [1.54, 1.807) is 0 Å². The van der Waals surface area contributed by atoms with Gasteiger partial charge in [0.1, 0.15) is 0 Å². The summed E-state index contributed by atoms with van der Waals surface area (Å²) in [6, 6.07) is 15.3. The first kappa shape index (κ1) is 18.7. The SMILES string of the molecule is O=C1CCCN1C(=O)CSc1nnc(-c2ccc3c(c2)OCO3)n1-c1ccccc1. The Kier molecular flexibility index (Phi) is 4.88. The average molecular weight is 422 g/mol. The van der Waals surface area contributed by atoms with E-state index in [1.165, 1.54) is 16.7 Å². The van der Waals surface area contributed by atoms with Crippen molar-refractivity contribution < 1.29 is 19.1 Å². The second-order valence-corrected chi connectivity index (χ2v) is 7.82. The van der Waals surface area contributed by atoms with E-state index in [4.69, 9.17) is 9.47 Å². The van der Waals surface area contributed by atoms with Crippen LogP contribution < -0.4 is 9.47 Å². The van der Waals surface area contributed by atoms with Gasteiger partial charge in [0.05, 0.1) is 5.75 Å². The largest absolute Gasteiger partial charge is 0.454 e. The van der Waals surface area contributed by atoms with Crippen molar-refractivity contribution in [3.63, 3.8) is 0 Å². The summed E-state index contributed by atoms with van der Waals surface area (Å²) >= 11 is 1.27. The molecule has 2 aliphatic rings. The van der Waals surface area contributed by atoms with Crippen LogP contribution in [0.2, 0.25) is 0 Å². The summed E-state index contributed by atoms with van der Waals surface area (Å²) in [6.45, 7) is 0.689. The van der Waals surface area contributed by atoms with Crippen molar-refractivity contribution in [2.45, 2.75) is 18.0 Å². The first-order valence-electron chi connectivity index (χ1n) is 9.57. The Morgan fingerprint density at radius 1 is 1.07 bits per heavy atom. The van der Waals surface area contributed by atoms with Crippen LogP contribution in [0.3, 0.4) is 0 Å². The van der Waals surface area contributed by atoms with Crippen molar-refractivity contribution in [3.8, 4) is 28.6 Å². The Hall–Kier alpha value is -3.33. The number of ether oxygens (including phenoxy) is 2. The van der Waals surface area contributed by atoms with Crippen molar-refractivity contribution in [1.29, 1.82) is 0 Å². The number of nitrogens with zero attached hydrogens (tertiary/aromatic N) is 4. The zero-order chi connectivity index (χ0) is 20.5. The van der Waals surface area contributed by atoms with Gasteiger partial charge in [0, 0.05) is 24.2 Å². The second-order valence-electron chi connectivity index (χ2n) is 6.88. The number of amides is 2. The molecule has 152 valence electrons. The van der Waals surface area contributed by atoms with E-state index in [2.05, 4.69) is 10.2 Å². The fourth-order valence-corrected chi connectivity index (χ4v) is 4.34. The van der Waals surface area contributed by atoms with Crippen molar-refractivity contribution >= 4 is 23.6 Å². The maximum Gasteiger partial charge on any atom is 0.239 e. The van der Waals surface area contributed by atoms with Crippen LogP contribution in [0.25, 0.3) is 17.1 Å². The van der Waals surface area contributed by atoms with Gasteiger partial charge in [0.15, 0.2) is 22.5 Å². The standard InChI is InChI=1S/C21H18N4O4S/c26-18-7-4-10-24(18)19(27)12-30-21-23-22-20(25(21)15-5-2-1-3-6-15)14-8-9-16-17(11-14)29-13-28-16/h1-3,5-6,8-9,11H,4,7,10,12-13H2. The van der Waals surface area contributed by atoms with E-state index < -0.39 is 0 Å². The number of benzene rings is 2. The fourth-order valence-electron chi connectivity index (χ4n) is 3.51. The molecule has 1 fully saturated rings. The molecule has 0 radical (unpaired) electrons. The molecular weight excluding hydrogens is 404 g/mol. The number of hydrogen-bond acceptors (Lipinski definition) is 7. The lowest BCUT2D eigenvalue weighted by Gasteiger charge is -2.14. The lowest BCUT2D eigenvalue weighted by atomic mass is 10.2. The summed E-state index contributed by atoms with van der Waals surface area (Å²) in [5, 5.41) is 9.29. The molecule has 1 aromatic heterocycles. The second kappa shape index (κ2) is 7.83. The third kappa shape index (κ3) is 3.41. The minimum absolute atomic E-state index is 0.105. The normalized spacial score (nSPS) is 15.1. The molecule has 0 N–H and O–H groups in total. The molecule has 9 heteroatoms. The summed E-state index contributed by atoms with van der Waals surface area (Å²) in [6.07, 6.45) is 1.16. The maximum atomic E-state index is 12.5. The number of likely N-dealkylation sites (tertiary alicyclic amines) is 1. The number of hydrogen-bond donors (Lipinski definition) is 0. The molecule has 2 amide bonds. The van der Waals surface area contributed by atoms with Crippen molar-refractivity contribution in [2.24, 2.45) is 0 Å². The molecular formula is C21H18N4O4S. The first-order chi connectivity index (χ1) is 14.7. The number of rotatable bonds is 5. The zero-order valence-corrected chi connectivity index (χ0v) is 16.8. The van der Waals surface area contributed by atoms with Gasteiger partial charge in [0.2, 0.25) is 18.6 Å². The topological polar surface area (TPSA) is 86.6 Å². The van der Waals surface area contributed by atoms with Crippen LogP contribution in [0.1, 0.15) is 12.8 Å². The Morgan fingerprint density at radius 3 is 2.70 bits per heavy atom.